The zero-order chi connectivity index (χ0) is 15.1. The minimum Gasteiger partial charge on any atom is -0.258 e. The minimum absolute atomic E-state index is 0.0682. The molecule has 0 radical (unpaired) electrons. The van der Waals surface area contributed by atoms with Crippen LogP contribution in [0, 0.1) is 23.0 Å². The van der Waals surface area contributed by atoms with Gasteiger partial charge in [-0.15, -0.1) is 0 Å². The molecular weight excluding hydrogens is 304 g/mol. The van der Waals surface area contributed by atoms with Gasteiger partial charge in [-0.3, -0.25) is 10.1 Å². The molecule has 1 aliphatic carbocycles. The third-order valence-electron chi connectivity index (χ3n) is 3.47. The van der Waals surface area contributed by atoms with Crippen molar-refractivity contribution in [2.45, 2.75) is 37.6 Å². The fraction of sp³-hybridized carbons (Fsp3) is 0.500. The van der Waals surface area contributed by atoms with E-state index in [4.69, 9.17) is 11.6 Å². The number of nitro groups is 1. The number of halogens is 1. The van der Waals surface area contributed by atoms with Crippen molar-refractivity contribution in [3.8, 4) is 0 Å². The highest BCUT2D eigenvalue weighted by atomic mass is 35.5. The number of nitrogens with zero attached hydrogens (tertiary/aromatic N) is 1. The molecule has 0 bridgehead atoms. The second-order valence-corrected chi connectivity index (χ2v) is 7.17. The van der Waals surface area contributed by atoms with Crippen LogP contribution in [-0.2, 0) is 10.0 Å². The Morgan fingerprint density at radius 3 is 2.55 bits per heavy atom. The summed E-state index contributed by atoms with van der Waals surface area (Å²) < 4.78 is 27.0. The number of benzene rings is 1. The van der Waals surface area contributed by atoms with Crippen LogP contribution in [0.3, 0.4) is 0 Å². The van der Waals surface area contributed by atoms with Gasteiger partial charge in [0.15, 0.2) is 0 Å². The topological polar surface area (TPSA) is 89.3 Å². The molecule has 1 N–H and O–H groups in total. The molecule has 0 saturated heterocycles. The zero-order valence-electron chi connectivity index (χ0n) is 11.1. The lowest BCUT2D eigenvalue weighted by Gasteiger charge is -2.14. The first kappa shape index (κ1) is 15.2. The van der Waals surface area contributed by atoms with Crippen molar-refractivity contribution < 1.29 is 13.3 Å². The van der Waals surface area contributed by atoms with Gasteiger partial charge in [0, 0.05) is 17.7 Å². The predicted molar refractivity (Wildman–Crippen MR) is 75.4 cm³/mol. The summed E-state index contributed by atoms with van der Waals surface area (Å²) in [5.74, 6) is 0.348. The van der Waals surface area contributed by atoms with Crippen LogP contribution in [0.15, 0.2) is 17.0 Å². The molecule has 0 spiro atoms. The Balaban J connectivity index is 2.38. The summed E-state index contributed by atoms with van der Waals surface area (Å²) in [6.45, 7) is 3.27. The van der Waals surface area contributed by atoms with Crippen LogP contribution in [0.2, 0.25) is 5.02 Å². The molecule has 8 heteroatoms. The Hall–Kier alpha value is -1.18. The summed E-state index contributed by atoms with van der Waals surface area (Å²) in [6, 6.07) is 2.11. The zero-order valence-corrected chi connectivity index (χ0v) is 12.7. The molecule has 1 saturated carbocycles. The molecule has 110 valence electrons. The summed E-state index contributed by atoms with van der Waals surface area (Å²) in [5.41, 5.74) is -0.0391. The molecule has 1 aromatic carbocycles. The highest BCUT2D eigenvalue weighted by molar-refractivity contribution is 7.89. The number of rotatable bonds is 5. The normalized spacial score (nSPS) is 16.9. The largest absolute Gasteiger partial charge is 0.275 e. The van der Waals surface area contributed by atoms with Gasteiger partial charge in [-0.1, -0.05) is 11.6 Å². The highest BCUT2D eigenvalue weighted by Gasteiger charge is 2.32. The molecule has 0 heterocycles. The molecule has 1 aromatic rings. The van der Waals surface area contributed by atoms with Crippen LogP contribution in [0.1, 0.15) is 25.3 Å². The second kappa shape index (κ2) is 5.31. The van der Waals surface area contributed by atoms with E-state index in [0.29, 0.717) is 5.92 Å². The molecule has 0 amide bonds. The van der Waals surface area contributed by atoms with Gasteiger partial charge >= 0.3 is 0 Å². The summed E-state index contributed by atoms with van der Waals surface area (Å²) in [6.07, 6.45) is 2.00. The number of hydrogen-bond donors (Lipinski definition) is 1. The Labute approximate surface area is 122 Å². The summed E-state index contributed by atoms with van der Waals surface area (Å²) in [4.78, 5) is 10.1. The fourth-order valence-corrected chi connectivity index (χ4v) is 3.63. The van der Waals surface area contributed by atoms with E-state index >= 15 is 0 Å². The van der Waals surface area contributed by atoms with Crippen LogP contribution in [0.25, 0.3) is 0 Å². The van der Waals surface area contributed by atoms with Gasteiger partial charge < -0.3 is 0 Å². The van der Waals surface area contributed by atoms with Crippen molar-refractivity contribution in [2.75, 3.05) is 0 Å². The number of nitrogens with one attached hydrogen (secondary N) is 1. The van der Waals surface area contributed by atoms with Crippen molar-refractivity contribution in [3.63, 3.8) is 0 Å². The molecule has 0 aliphatic heterocycles. The van der Waals surface area contributed by atoms with E-state index in [2.05, 4.69) is 4.72 Å². The molecule has 0 unspecified atom stereocenters. The first-order chi connectivity index (χ1) is 9.22. The average Bonchev–Trinajstić information content (AvgIpc) is 3.15. The first-order valence-electron chi connectivity index (χ1n) is 6.19. The molecule has 1 fully saturated rings. The summed E-state index contributed by atoms with van der Waals surface area (Å²) in [5, 5.41) is 11.0. The molecule has 0 aromatic heterocycles. The SMILES string of the molecule is Cc1c(Cl)cc(S(=O)(=O)N[C@H](C)C2CC2)cc1[N+](=O)[O-]. The summed E-state index contributed by atoms with van der Waals surface area (Å²) in [7, 11) is -3.80. The fourth-order valence-electron chi connectivity index (χ4n) is 1.99. The van der Waals surface area contributed by atoms with E-state index in [-0.39, 0.29) is 27.2 Å². The Bertz CT molecular complexity index is 656. The van der Waals surface area contributed by atoms with Gasteiger partial charge in [0.05, 0.1) is 14.8 Å². The van der Waals surface area contributed by atoms with Gasteiger partial charge in [0.2, 0.25) is 10.0 Å². The maximum atomic E-state index is 12.2. The van der Waals surface area contributed by atoms with Gasteiger partial charge in [0.1, 0.15) is 0 Å². The van der Waals surface area contributed by atoms with Gasteiger partial charge in [-0.2, -0.15) is 0 Å². The standard InChI is InChI=1S/C12H15ClN2O4S/c1-7-11(13)5-10(6-12(7)15(16)17)20(18,19)14-8(2)9-3-4-9/h5-6,8-9,14H,3-4H2,1-2H3/t8-/m1/s1. The quantitative estimate of drug-likeness (QED) is 0.667. The third-order valence-corrected chi connectivity index (χ3v) is 5.40. The molecule has 2 rings (SSSR count). The van der Waals surface area contributed by atoms with Crippen molar-refractivity contribution in [3.05, 3.63) is 32.8 Å². The van der Waals surface area contributed by atoms with Crippen LogP contribution in [0.4, 0.5) is 5.69 Å². The van der Waals surface area contributed by atoms with Crippen LogP contribution in [0.5, 0.6) is 0 Å². The van der Waals surface area contributed by atoms with Crippen molar-refractivity contribution in [1.82, 2.24) is 4.72 Å². The molecular formula is C12H15ClN2O4S. The van der Waals surface area contributed by atoms with Gasteiger partial charge in [0.25, 0.3) is 5.69 Å². The van der Waals surface area contributed by atoms with Gasteiger partial charge in [-0.25, -0.2) is 13.1 Å². The summed E-state index contributed by atoms with van der Waals surface area (Å²) >= 11 is 5.88. The van der Waals surface area contributed by atoms with E-state index in [1.807, 2.05) is 0 Å². The Morgan fingerprint density at radius 1 is 1.45 bits per heavy atom. The molecule has 1 aliphatic rings. The van der Waals surface area contributed by atoms with Crippen molar-refractivity contribution in [1.29, 1.82) is 0 Å². The van der Waals surface area contributed by atoms with E-state index in [0.717, 1.165) is 18.9 Å². The van der Waals surface area contributed by atoms with Crippen LogP contribution < -0.4 is 4.72 Å². The highest BCUT2D eigenvalue weighted by Crippen LogP contribution is 2.34. The average molecular weight is 319 g/mol. The van der Waals surface area contributed by atoms with Crippen molar-refractivity contribution in [2.24, 2.45) is 5.92 Å². The number of hydrogen-bond acceptors (Lipinski definition) is 4. The lowest BCUT2D eigenvalue weighted by molar-refractivity contribution is -0.385. The first-order valence-corrected chi connectivity index (χ1v) is 8.05. The van der Waals surface area contributed by atoms with E-state index in [9.17, 15) is 18.5 Å². The van der Waals surface area contributed by atoms with Crippen LogP contribution >= 0.6 is 11.6 Å². The lowest BCUT2D eigenvalue weighted by Crippen LogP contribution is -2.34. The number of sulfonamides is 1. The predicted octanol–water partition coefficient (Wildman–Crippen LogP) is 2.63. The minimum atomic E-state index is -3.80. The van der Waals surface area contributed by atoms with Crippen LogP contribution in [-0.4, -0.2) is 19.4 Å². The molecule has 20 heavy (non-hydrogen) atoms. The second-order valence-electron chi connectivity index (χ2n) is 5.05. The van der Waals surface area contributed by atoms with Crippen molar-refractivity contribution >= 4 is 27.3 Å². The smallest absolute Gasteiger partial charge is 0.258 e. The Kier molecular flexibility index (Phi) is 4.04. The monoisotopic (exact) mass is 318 g/mol. The van der Waals surface area contributed by atoms with Gasteiger partial charge in [-0.05, 0) is 38.7 Å². The molecule has 1 atom stereocenters. The third kappa shape index (κ3) is 3.11. The van der Waals surface area contributed by atoms with E-state index in [1.54, 1.807) is 6.92 Å². The maximum absolute atomic E-state index is 12.2. The molecule has 6 nitrogen and oxygen atoms in total. The lowest BCUT2D eigenvalue weighted by atomic mass is 10.2. The Morgan fingerprint density at radius 2 is 2.05 bits per heavy atom. The van der Waals surface area contributed by atoms with E-state index < -0.39 is 14.9 Å². The van der Waals surface area contributed by atoms with E-state index in [1.165, 1.54) is 13.0 Å². The maximum Gasteiger partial charge on any atom is 0.275 e. The number of nitro benzene ring substituents is 1.